The number of ether oxygens (including phenoxy) is 1. The van der Waals surface area contributed by atoms with Crippen molar-refractivity contribution in [3.63, 3.8) is 0 Å². The highest BCUT2D eigenvalue weighted by Crippen LogP contribution is 2.43. The van der Waals surface area contributed by atoms with Gasteiger partial charge in [-0.3, -0.25) is 0 Å². The van der Waals surface area contributed by atoms with Gasteiger partial charge in [0.05, 0.1) is 14.2 Å². The Morgan fingerprint density at radius 1 is 0.698 bits per heavy atom. The summed E-state index contributed by atoms with van der Waals surface area (Å²) in [5.74, 6) is 0.145. The van der Waals surface area contributed by atoms with Crippen molar-refractivity contribution < 1.29 is 14.1 Å². The third-order valence-corrected chi connectivity index (χ3v) is 9.96. The van der Waals surface area contributed by atoms with Crippen LogP contribution < -0.4 is 0 Å². The highest BCUT2D eigenvalue weighted by atomic mass is 16.5. The van der Waals surface area contributed by atoms with E-state index in [0.717, 1.165) is 63.3 Å². The molecule has 0 saturated heterocycles. The van der Waals surface area contributed by atoms with E-state index in [9.17, 15) is 4.79 Å². The fraction of sp³-hybridized carbons (Fsp3) is 0.222. The smallest absolute Gasteiger partial charge is 0.346 e. The maximum atomic E-state index is 13.4. The molecule has 53 heavy (non-hydrogen) atoms. The Morgan fingerprint density at radius 3 is 1.68 bits per heavy atom. The van der Waals surface area contributed by atoms with Crippen LogP contribution in [0.3, 0.4) is 0 Å². The zero-order chi connectivity index (χ0) is 37.2. The Bertz CT molecular complexity index is 2190. The molecule has 5 aromatic carbocycles. The number of hydrogen-bond donors (Lipinski definition) is 0. The summed E-state index contributed by atoms with van der Waals surface area (Å²) < 4.78 is 5.62. The zero-order valence-electron chi connectivity index (χ0n) is 31.2. The Balaban J connectivity index is 1.34. The van der Waals surface area contributed by atoms with Crippen LogP contribution in [0.2, 0.25) is 0 Å². The maximum Gasteiger partial charge on any atom is 0.346 e. The van der Waals surface area contributed by atoms with Crippen LogP contribution in [-0.2, 0) is 15.1 Å². The van der Waals surface area contributed by atoms with Crippen molar-refractivity contribution in [2.45, 2.75) is 39.7 Å². The van der Waals surface area contributed by atoms with E-state index in [1.165, 1.54) is 7.11 Å². The molecule has 1 aliphatic heterocycles. The van der Waals surface area contributed by atoms with Gasteiger partial charge in [-0.05, 0) is 51.6 Å². The van der Waals surface area contributed by atoms with E-state index in [1.807, 2.05) is 72.8 Å². The standard InChI is InChI=1S/C45H45N6O2/c1-7-31-51(5)40(39(43(52)53-6)41(48-51)44(2,3)4)33-29-27-32(28-30-33)37-25-17-18-26-38(37)42-46-49-50(47-42)45(34-19-11-8-12-20-34,35-21-13-9-14-22-35)36-23-15-10-16-24-36/h8-30H,7,31H2,1-6H3/q+1. The summed E-state index contributed by atoms with van der Waals surface area (Å²) in [5, 5.41) is 19.9. The molecule has 8 heteroatoms. The molecule has 2 heterocycles. The van der Waals surface area contributed by atoms with Crippen molar-refractivity contribution in [2.75, 3.05) is 20.7 Å². The largest absolute Gasteiger partial charge is 0.465 e. The fourth-order valence-electron chi connectivity index (χ4n) is 7.60. The van der Waals surface area contributed by atoms with Crippen LogP contribution in [0, 0.1) is 5.41 Å². The molecule has 0 bridgehead atoms. The summed E-state index contributed by atoms with van der Waals surface area (Å²) in [6.07, 6.45) is 0.897. The summed E-state index contributed by atoms with van der Waals surface area (Å²) in [6.45, 7) is 9.14. The highest BCUT2D eigenvalue weighted by Gasteiger charge is 2.47. The topological polar surface area (TPSA) is 82.3 Å². The SMILES string of the molecule is CCC[N+]1(C)N=C(C(C)(C)C)C(C(=O)OC)=C1c1ccc(-c2ccccc2-c2nnn(C(c3ccccc3)(c3ccccc3)c3ccccc3)n2)cc1. The number of carbonyl (C=O) groups is 1. The van der Waals surface area contributed by atoms with Gasteiger partial charge in [0.15, 0.2) is 16.8 Å². The molecule has 1 aromatic heterocycles. The molecule has 1 atom stereocenters. The maximum absolute atomic E-state index is 13.4. The molecule has 266 valence electrons. The van der Waals surface area contributed by atoms with E-state index in [4.69, 9.17) is 25.2 Å². The van der Waals surface area contributed by atoms with Gasteiger partial charge in [-0.25, -0.2) is 4.79 Å². The monoisotopic (exact) mass is 701 g/mol. The predicted molar refractivity (Wildman–Crippen MR) is 210 cm³/mol. The van der Waals surface area contributed by atoms with Crippen LogP contribution in [0.1, 0.15) is 56.4 Å². The molecule has 0 fully saturated rings. The van der Waals surface area contributed by atoms with Crippen LogP contribution in [-0.4, -0.2) is 57.2 Å². The third kappa shape index (κ3) is 6.29. The molecule has 1 unspecified atom stereocenters. The molecule has 0 spiro atoms. The van der Waals surface area contributed by atoms with Crippen LogP contribution in [0.5, 0.6) is 0 Å². The molecule has 0 saturated carbocycles. The van der Waals surface area contributed by atoms with Gasteiger partial charge in [0.2, 0.25) is 5.82 Å². The minimum Gasteiger partial charge on any atom is -0.465 e. The molecule has 0 radical (unpaired) electrons. The summed E-state index contributed by atoms with van der Waals surface area (Å²) in [5.41, 5.74) is 7.72. The first-order valence-corrected chi connectivity index (χ1v) is 18.1. The lowest BCUT2D eigenvalue weighted by atomic mass is 9.77. The number of quaternary nitrogens is 1. The lowest BCUT2D eigenvalue weighted by Crippen LogP contribution is -2.39. The first-order chi connectivity index (χ1) is 25.6. The Labute approximate surface area is 311 Å². The number of nitrogens with zero attached hydrogens (tertiary/aromatic N) is 6. The number of tetrazole rings is 1. The van der Waals surface area contributed by atoms with Crippen LogP contribution in [0.15, 0.2) is 150 Å². The third-order valence-electron chi connectivity index (χ3n) is 9.96. The van der Waals surface area contributed by atoms with Crippen molar-refractivity contribution >= 4 is 17.4 Å². The number of esters is 1. The second-order valence-electron chi connectivity index (χ2n) is 14.6. The van der Waals surface area contributed by atoms with Crippen molar-refractivity contribution in [3.8, 4) is 22.5 Å². The van der Waals surface area contributed by atoms with E-state index in [-0.39, 0.29) is 16.0 Å². The molecule has 0 N–H and O–H groups in total. The van der Waals surface area contributed by atoms with Gasteiger partial charge in [0, 0.05) is 16.5 Å². The van der Waals surface area contributed by atoms with Crippen LogP contribution >= 0.6 is 0 Å². The fourth-order valence-corrected chi connectivity index (χ4v) is 7.60. The summed E-state index contributed by atoms with van der Waals surface area (Å²) in [7, 11) is 3.50. The molecule has 6 aromatic rings. The lowest BCUT2D eigenvalue weighted by molar-refractivity contribution is -0.844. The van der Waals surface area contributed by atoms with E-state index < -0.39 is 5.54 Å². The summed E-state index contributed by atoms with van der Waals surface area (Å²) >= 11 is 0. The Hall–Kier alpha value is -5.99. The van der Waals surface area contributed by atoms with Gasteiger partial charge in [-0.2, -0.15) is 4.59 Å². The second-order valence-corrected chi connectivity index (χ2v) is 14.6. The first kappa shape index (κ1) is 35.4. The quantitative estimate of drug-likeness (QED) is 0.0809. The minimum absolute atomic E-state index is 0.280. The second kappa shape index (κ2) is 14.2. The van der Waals surface area contributed by atoms with Gasteiger partial charge >= 0.3 is 5.97 Å². The molecular formula is C45H45N6O2+. The molecular weight excluding hydrogens is 657 g/mol. The Kier molecular flexibility index (Phi) is 9.49. The van der Waals surface area contributed by atoms with Gasteiger partial charge in [0.1, 0.15) is 12.3 Å². The van der Waals surface area contributed by atoms with E-state index >= 15 is 0 Å². The van der Waals surface area contributed by atoms with E-state index in [1.54, 1.807) is 4.80 Å². The number of methoxy groups -OCH3 is 1. The summed E-state index contributed by atoms with van der Waals surface area (Å²) in [6, 6.07) is 47.5. The molecule has 0 aliphatic carbocycles. The number of carbonyl (C=O) groups excluding carboxylic acids is 1. The number of benzene rings is 5. The van der Waals surface area contributed by atoms with Gasteiger partial charge < -0.3 is 4.74 Å². The average Bonchev–Trinajstić information content (AvgIpc) is 3.80. The predicted octanol–water partition coefficient (Wildman–Crippen LogP) is 9.00. The lowest BCUT2D eigenvalue weighted by Gasteiger charge is -2.34. The molecule has 7 rings (SSSR count). The normalized spacial score (nSPS) is 16.1. The van der Waals surface area contributed by atoms with Crippen molar-refractivity contribution in [1.82, 2.24) is 20.2 Å². The molecule has 1 aliphatic rings. The van der Waals surface area contributed by atoms with E-state index in [0.29, 0.717) is 11.4 Å². The minimum atomic E-state index is -0.880. The van der Waals surface area contributed by atoms with Crippen LogP contribution in [0.25, 0.3) is 28.2 Å². The number of aromatic nitrogens is 4. The molecule has 0 amide bonds. The average molecular weight is 702 g/mol. The number of hydrogen-bond acceptors (Lipinski definition) is 6. The van der Waals surface area contributed by atoms with E-state index in [2.05, 4.69) is 101 Å². The van der Waals surface area contributed by atoms with Gasteiger partial charge in [-0.1, -0.05) is 160 Å². The molecule has 8 nitrogen and oxygen atoms in total. The first-order valence-electron chi connectivity index (χ1n) is 18.1. The van der Waals surface area contributed by atoms with Crippen molar-refractivity contribution in [2.24, 2.45) is 10.5 Å². The van der Waals surface area contributed by atoms with Gasteiger partial charge in [0.25, 0.3) is 0 Å². The van der Waals surface area contributed by atoms with Gasteiger partial charge in [-0.15, -0.1) is 15.0 Å². The zero-order valence-corrected chi connectivity index (χ0v) is 31.2. The van der Waals surface area contributed by atoms with Crippen LogP contribution in [0.4, 0.5) is 0 Å². The van der Waals surface area contributed by atoms with Crippen molar-refractivity contribution in [1.29, 1.82) is 0 Å². The summed E-state index contributed by atoms with van der Waals surface area (Å²) in [4.78, 5) is 15.1. The highest BCUT2D eigenvalue weighted by molar-refractivity contribution is 6.26. The number of rotatable bonds is 10. The Morgan fingerprint density at radius 2 is 1.19 bits per heavy atom. The van der Waals surface area contributed by atoms with Crippen molar-refractivity contribution in [3.05, 3.63) is 167 Å².